The molecule has 2 nitrogen and oxygen atoms in total. The van der Waals surface area contributed by atoms with Crippen LogP contribution < -0.4 is 5.32 Å². The zero-order chi connectivity index (χ0) is 14.7. The van der Waals surface area contributed by atoms with Gasteiger partial charge in [0.05, 0.1) is 17.3 Å². The number of halogens is 1. The molecule has 1 unspecified atom stereocenters. The third-order valence-electron chi connectivity index (χ3n) is 3.50. The highest BCUT2D eigenvalue weighted by molar-refractivity contribution is 5.50. The minimum absolute atomic E-state index is 0.00302. The summed E-state index contributed by atoms with van der Waals surface area (Å²) in [6, 6.07) is 12.6. The van der Waals surface area contributed by atoms with E-state index >= 15 is 0 Å². The minimum Gasteiger partial charge on any atom is -0.376 e. The second-order valence-corrected chi connectivity index (χ2v) is 5.02. The lowest BCUT2D eigenvalue weighted by Crippen LogP contribution is -2.08. The van der Waals surface area contributed by atoms with Crippen LogP contribution in [0, 0.1) is 31.0 Å². The second kappa shape index (κ2) is 5.75. The molecule has 0 aromatic heterocycles. The predicted molar refractivity (Wildman–Crippen MR) is 79.1 cm³/mol. The van der Waals surface area contributed by atoms with Crippen molar-refractivity contribution in [2.75, 3.05) is 5.32 Å². The van der Waals surface area contributed by atoms with Crippen LogP contribution >= 0.6 is 0 Å². The fourth-order valence-corrected chi connectivity index (χ4v) is 2.05. The van der Waals surface area contributed by atoms with E-state index in [1.807, 2.05) is 19.1 Å². The molecule has 0 aliphatic carbocycles. The molecular weight excluding hydrogens is 251 g/mol. The van der Waals surface area contributed by atoms with E-state index in [0.717, 1.165) is 5.56 Å². The number of rotatable bonds is 3. The standard InChI is InChI=1S/C17H17FN2/c1-11-4-6-15(8-12(11)2)13(3)20-17-7-5-14(10-19)9-16(17)18/h4-9,13,20H,1-3H3. The van der Waals surface area contributed by atoms with Gasteiger partial charge in [0.1, 0.15) is 5.82 Å². The molecule has 0 heterocycles. The van der Waals surface area contributed by atoms with Crippen molar-refractivity contribution in [1.29, 1.82) is 5.26 Å². The van der Waals surface area contributed by atoms with E-state index in [4.69, 9.17) is 5.26 Å². The van der Waals surface area contributed by atoms with Gasteiger partial charge in [0, 0.05) is 6.04 Å². The zero-order valence-corrected chi connectivity index (χ0v) is 11.9. The van der Waals surface area contributed by atoms with Crippen LogP contribution in [-0.4, -0.2) is 0 Å². The summed E-state index contributed by atoms with van der Waals surface area (Å²) in [5.41, 5.74) is 4.31. The van der Waals surface area contributed by atoms with E-state index in [1.165, 1.54) is 17.2 Å². The third kappa shape index (κ3) is 2.97. The molecule has 1 N–H and O–H groups in total. The lowest BCUT2D eigenvalue weighted by molar-refractivity contribution is 0.627. The van der Waals surface area contributed by atoms with Gasteiger partial charge in [-0.3, -0.25) is 0 Å². The van der Waals surface area contributed by atoms with Gasteiger partial charge < -0.3 is 5.32 Å². The lowest BCUT2D eigenvalue weighted by atomic mass is 10.0. The second-order valence-electron chi connectivity index (χ2n) is 5.02. The first-order valence-electron chi connectivity index (χ1n) is 6.54. The number of nitrogens with zero attached hydrogens (tertiary/aromatic N) is 1. The molecule has 0 amide bonds. The predicted octanol–water partition coefficient (Wildman–Crippen LogP) is 4.49. The molecule has 1 atom stereocenters. The van der Waals surface area contributed by atoms with Crippen molar-refractivity contribution in [3.8, 4) is 6.07 Å². The third-order valence-corrected chi connectivity index (χ3v) is 3.50. The zero-order valence-electron chi connectivity index (χ0n) is 11.9. The molecule has 0 radical (unpaired) electrons. The largest absolute Gasteiger partial charge is 0.376 e. The summed E-state index contributed by atoms with van der Waals surface area (Å²) in [6.45, 7) is 6.12. The van der Waals surface area contributed by atoms with Gasteiger partial charge >= 0.3 is 0 Å². The van der Waals surface area contributed by atoms with Crippen LogP contribution in [0.3, 0.4) is 0 Å². The number of benzene rings is 2. The molecule has 0 saturated heterocycles. The van der Waals surface area contributed by atoms with Crippen LogP contribution in [0.15, 0.2) is 36.4 Å². The van der Waals surface area contributed by atoms with E-state index in [9.17, 15) is 4.39 Å². The van der Waals surface area contributed by atoms with Crippen molar-refractivity contribution >= 4 is 5.69 Å². The van der Waals surface area contributed by atoms with Gasteiger partial charge in [-0.05, 0) is 55.7 Å². The first kappa shape index (κ1) is 14.1. The Morgan fingerprint density at radius 1 is 1.10 bits per heavy atom. The van der Waals surface area contributed by atoms with Crippen molar-refractivity contribution in [2.45, 2.75) is 26.8 Å². The average Bonchev–Trinajstić information content (AvgIpc) is 2.43. The van der Waals surface area contributed by atoms with Gasteiger partial charge in [0.25, 0.3) is 0 Å². The lowest BCUT2D eigenvalue weighted by Gasteiger charge is -2.17. The molecule has 0 fully saturated rings. The summed E-state index contributed by atoms with van der Waals surface area (Å²) in [4.78, 5) is 0. The number of nitriles is 1. The molecule has 102 valence electrons. The molecule has 0 bridgehead atoms. The number of hydrogen-bond acceptors (Lipinski definition) is 2. The van der Waals surface area contributed by atoms with E-state index in [1.54, 1.807) is 12.1 Å². The van der Waals surface area contributed by atoms with Gasteiger partial charge in [-0.1, -0.05) is 18.2 Å². The van der Waals surface area contributed by atoms with Gasteiger partial charge in [0.15, 0.2) is 0 Å². The number of aryl methyl sites for hydroxylation is 2. The first-order valence-corrected chi connectivity index (χ1v) is 6.54. The molecule has 2 rings (SSSR count). The summed E-state index contributed by atoms with van der Waals surface area (Å²) < 4.78 is 13.8. The molecule has 0 aliphatic rings. The van der Waals surface area contributed by atoms with Crippen molar-refractivity contribution in [3.63, 3.8) is 0 Å². The topological polar surface area (TPSA) is 35.8 Å². The van der Waals surface area contributed by atoms with Crippen LogP contribution in [0.4, 0.5) is 10.1 Å². The molecule has 0 aliphatic heterocycles. The Hall–Kier alpha value is -2.34. The Bertz CT molecular complexity index is 671. The quantitative estimate of drug-likeness (QED) is 0.890. The van der Waals surface area contributed by atoms with Crippen LogP contribution in [0.1, 0.15) is 35.2 Å². The molecule has 2 aromatic carbocycles. The van der Waals surface area contributed by atoms with Gasteiger partial charge in [-0.15, -0.1) is 0 Å². The molecule has 0 spiro atoms. The Morgan fingerprint density at radius 2 is 1.85 bits per heavy atom. The van der Waals surface area contributed by atoms with Gasteiger partial charge in [-0.25, -0.2) is 4.39 Å². The summed E-state index contributed by atoms with van der Waals surface area (Å²) >= 11 is 0. The summed E-state index contributed by atoms with van der Waals surface area (Å²) in [7, 11) is 0. The SMILES string of the molecule is Cc1ccc(C(C)Nc2ccc(C#N)cc2F)cc1C. The summed E-state index contributed by atoms with van der Waals surface area (Å²) in [5.74, 6) is -0.403. The fraction of sp³-hybridized carbons (Fsp3) is 0.235. The molecule has 2 aromatic rings. The van der Waals surface area contributed by atoms with Gasteiger partial charge in [-0.2, -0.15) is 5.26 Å². The highest BCUT2D eigenvalue weighted by atomic mass is 19.1. The Kier molecular flexibility index (Phi) is 4.05. The number of hydrogen-bond donors (Lipinski definition) is 1. The van der Waals surface area contributed by atoms with E-state index < -0.39 is 5.82 Å². The normalized spacial score (nSPS) is 11.8. The van der Waals surface area contributed by atoms with Crippen molar-refractivity contribution in [2.24, 2.45) is 0 Å². The van der Waals surface area contributed by atoms with Crippen LogP contribution in [0.2, 0.25) is 0 Å². The van der Waals surface area contributed by atoms with Crippen LogP contribution in [0.25, 0.3) is 0 Å². The fourth-order valence-electron chi connectivity index (χ4n) is 2.05. The Balaban J connectivity index is 2.21. The number of nitrogens with one attached hydrogen (secondary N) is 1. The minimum atomic E-state index is -0.403. The van der Waals surface area contributed by atoms with Crippen molar-refractivity contribution in [1.82, 2.24) is 0 Å². The molecule has 0 saturated carbocycles. The van der Waals surface area contributed by atoms with Crippen LogP contribution in [0.5, 0.6) is 0 Å². The maximum Gasteiger partial charge on any atom is 0.147 e. The van der Waals surface area contributed by atoms with Crippen LogP contribution in [-0.2, 0) is 0 Å². The molecular formula is C17H17FN2. The highest BCUT2D eigenvalue weighted by Crippen LogP contribution is 2.23. The molecule has 3 heteroatoms. The Labute approximate surface area is 118 Å². The molecule has 20 heavy (non-hydrogen) atoms. The Morgan fingerprint density at radius 3 is 2.45 bits per heavy atom. The van der Waals surface area contributed by atoms with Crippen molar-refractivity contribution < 1.29 is 4.39 Å². The maximum absolute atomic E-state index is 13.8. The van der Waals surface area contributed by atoms with E-state index in [0.29, 0.717) is 11.3 Å². The summed E-state index contributed by atoms with van der Waals surface area (Å²) in [6.07, 6.45) is 0. The van der Waals surface area contributed by atoms with Crippen molar-refractivity contribution in [3.05, 3.63) is 64.5 Å². The smallest absolute Gasteiger partial charge is 0.147 e. The van der Waals surface area contributed by atoms with Gasteiger partial charge in [0.2, 0.25) is 0 Å². The first-order chi connectivity index (χ1) is 9.51. The summed E-state index contributed by atoms with van der Waals surface area (Å²) in [5, 5.41) is 11.9. The highest BCUT2D eigenvalue weighted by Gasteiger charge is 2.10. The van der Waals surface area contributed by atoms with E-state index in [-0.39, 0.29) is 6.04 Å². The van der Waals surface area contributed by atoms with E-state index in [2.05, 4.69) is 31.3 Å². The number of anilines is 1. The average molecular weight is 268 g/mol. The monoisotopic (exact) mass is 268 g/mol. The maximum atomic E-state index is 13.8.